The van der Waals surface area contributed by atoms with Crippen molar-refractivity contribution in [2.45, 2.75) is 0 Å². The Hall–Kier alpha value is -3.01. The Morgan fingerprint density at radius 1 is 0.957 bits per heavy atom. The van der Waals surface area contributed by atoms with E-state index in [-0.39, 0.29) is 0 Å². The third-order valence-corrected chi connectivity index (χ3v) is 4.03. The second-order valence-corrected chi connectivity index (χ2v) is 5.33. The summed E-state index contributed by atoms with van der Waals surface area (Å²) in [6.45, 7) is 0. The van der Waals surface area contributed by atoms with E-state index < -0.39 is 0 Å². The van der Waals surface area contributed by atoms with Crippen LogP contribution in [0.4, 0.5) is 0 Å². The molecule has 4 rings (SSSR count). The lowest BCUT2D eigenvalue weighted by Gasteiger charge is -2.08. The molecule has 0 unspecified atom stereocenters. The molecular formula is C19H16N2O2. The van der Waals surface area contributed by atoms with Crippen molar-refractivity contribution in [3.8, 4) is 22.8 Å². The minimum atomic E-state index is 0.776. The van der Waals surface area contributed by atoms with Crippen LogP contribution in [0.3, 0.4) is 0 Å². The number of hydrogen-bond acceptors (Lipinski definition) is 3. The lowest BCUT2D eigenvalue weighted by atomic mass is 10.1. The molecule has 0 N–H and O–H groups in total. The first-order chi connectivity index (χ1) is 11.3. The van der Waals surface area contributed by atoms with Gasteiger partial charge >= 0.3 is 0 Å². The van der Waals surface area contributed by atoms with Crippen LogP contribution in [0.15, 0.2) is 60.9 Å². The average Bonchev–Trinajstić information content (AvgIpc) is 3.05. The van der Waals surface area contributed by atoms with Crippen LogP contribution in [-0.4, -0.2) is 23.6 Å². The van der Waals surface area contributed by atoms with Gasteiger partial charge in [0.2, 0.25) is 0 Å². The normalized spacial score (nSPS) is 11.0. The summed E-state index contributed by atoms with van der Waals surface area (Å²) in [7, 11) is 3.32. The molecule has 2 aromatic carbocycles. The quantitative estimate of drug-likeness (QED) is 0.570. The second-order valence-electron chi connectivity index (χ2n) is 5.33. The van der Waals surface area contributed by atoms with Crippen molar-refractivity contribution in [1.29, 1.82) is 0 Å². The third kappa shape index (κ3) is 2.19. The molecule has 4 nitrogen and oxygen atoms in total. The molecular weight excluding hydrogens is 288 g/mol. The monoisotopic (exact) mass is 304 g/mol. The highest BCUT2D eigenvalue weighted by atomic mass is 16.5. The predicted molar refractivity (Wildman–Crippen MR) is 91.2 cm³/mol. The van der Waals surface area contributed by atoms with Crippen LogP contribution in [0, 0.1) is 0 Å². The fourth-order valence-corrected chi connectivity index (χ4v) is 2.86. The van der Waals surface area contributed by atoms with Crippen LogP contribution in [0.25, 0.3) is 27.7 Å². The summed E-state index contributed by atoms with van der Waals surface area (Å²) >= 11 is 0. The molecule has 0 saturated carbocycles. The maximum atomic E-state index is 5.48. The van der Waals surface area contributed by atoms with Gasteiger partial charge in [-0.15, -0.1) is 0 Å². The van der Waals surface area contributed by atoms with E-state index >= 15 is 0 Å². The Labute approximate surface area is 133 Å². The number of aromatic nitrogens is 2. The Morgan fingerprint density at radius 2 is 1.83 bits per heavy atom. The van der Waals surface area contributed by atoms with Crippen molar-refractivity contribution in [1.82, 2.24) is 9.38 Å². The first-order valence-electron chi connectivity index (χ1n) is 7.39. The van der Waals surface area contributed by atoms with Gasteiger partial charge in [-0.1, -0.05) is 24.3 Å². The summed E-state index contributed by atoms with van der Waals surface area (Å²) < 4.78 is 12.8. The zero-order chi connectivity index (χ0) is 15.8. The van der Waals surface area contributed by atoms with E-state index in [0.29, 0.717) is 0 Å². The number of rotatable bonds is 3. The van der Waals surface area contributed by atoms with Gasteiger partial charge in [0.15, 0.2) is 0 Å². The van der Waals surface area contributed by atoms with Gasteiger partial charge in [-0.3, -0.25) is 0 Å². The number of benzene rings is 2. The Bertz CT molecular complexity index is 1000. The molecule has 23 heavy (non-hydrogen) atoms. The van der Waals surface area contributed by atoms with Crippen molar-refractivity contribution in [3.05, 3.63) is 60.9 Å². The maximum Gasteiger partial charge on any atom is 0.145 e. The summed E-state index contributed by atoms with van der Waals surface area (Å²) in [5.41, 5.74) is 2.71. The number of methoxy groups -OCH3 is 2. The van der Waals surface area contributed by atoms with Gasteiger partial charge in [0.25, 0.3) is 0 Å². The Balaban J connectivity index is 1.98. The molecule has 114 valence electrons. The lowest BCUT2D eigenvalue weighted by molar-refractivity contribution is 0.404. The highest BCUT2D eigenvalue weighted by molar-refractivity contribution is 5.94. The number of ether oxygens (including phenoxy) is 2. The van der Waals surface area contributed by atoms with Crippen molar-refractivity contribution in [2.75, 3.05) is 14.2 Å². The molecule has 0 aliphatic carbocycles. The van der Waals surface area contributed by atoms with Crippen LogP contribution in [0.1, 0.15) is 0 Å². The average molecular weight is 304 g/mol. The topological polar surface area (TPSA) is 35.8 Å². The summed E-state index contributed by atoms with van der Waals surface area (Å²) in [4.78, 5) is 4.82. The van der Waals surface area contributed by atoms with E-state index in [9.17, 15) is 0 Å². The van der Waals surface area contributed by atoms with E-state index in [0.717, 1.165) is 33.8 Å². The zero-order valence-corrected chi connectivity index (χ0v) is 13.0. The highest BCUT2D eigenvalue weighted by Gasteiger charge is 2.12. The van der Waals surface area contributed by atoms with E-state index in [1.807, 2.05) is 47.1 Å². The van der Waals surface area contributed by atoms with Gasteiger partial charge in [0.05, 0.1) is 19.9 Å². The summed E-state index contributed by atoms with van der Waals surface area (Å²) in [5.74, 6) is 1.56. The molecule has 4 aromatic rings. The summed E-state index contributed by atoms with van der Waals surface area (Å²) in [6, 6.07) is 16.1. The molecule has 2 heterocycles. The molecule has 4 heteroatoms. The molecule has 0 bridgehead atoms. The van der Waals surface area contributed by atoms with Crippen LogP contribution in [0.5, 0.6) is 11.5 Å². The number of pyridine rings is 1. The van der Waals surface area contributed by atoms with E-state index in [1.54, 1.807) is 14.2 Å². The first-order valence-corrected chi connectivity index (χ1v) is 7.39. The van der Waals surface area contributed by atoms with Gasteiger partial charge in [0.1, 0.15) is 17.1 Å². The molecule has 0 fully saturated rings. The van der Waals surface area contributed by atoms with Crippen LogP contribution in [0.2, 0.25) is 0 Å². The molecule has 0 saturated heterocycles. The van der Waals surface area contributed by atoms with Gasteiger partial charge in [0, 0.05) is 23.3 Å². The Morgan fingerprint density at radius 3 is 2.65 bits per heavy atom. The number of hydrogen-bond donors (Lipinski definition) is 0. The van der Waals surface area contributed by atoms with Gasteiger partial charge in [-0.05, 0) is 29.7 Å². The first kappa shape index (κ1) is 13.6. The Kier molecular flexibility index (Phi) is 3.15. The largest absolute Gasteiger partial charge is 0.497 e. The van der Waals surface area contributed by atoms with E-state index in [4.69, 9.17) is 14.5 Å². The highest BCUT2D eigenvalue weighted by Crippen LogP contribution is 2.33. The number of fused-ring (bicyclic) bond motifs is 3. The van der Waals surface area contributed by atoms with Crippen molar-refractivity contribution in [2.24, 2.45) is 0 Å². The zero-order valence-electron chi connectivity index (χ0n) is 13.0. The molecule has 0 aliphatic heterocycles. The summed E-state index contributed by atoms with van der Waals surface area (Å²) in [5, 5.41) is 2.30. The fraction of sp³-hybridized carbons (Fsp3) is 0.105. The molecule has 0 atom stereocenters. The minimum absolute atomic E-state index is 0.776. The van der Waals surface area contributed by atoms with Gasteiger partial charge < -0.3 is 13.9 Å². The van der Waals surface area contributed by atoms with Crippen LogP contribution in [-0.2, 0) is 0 Å². The molecule has 0 radical (unpaired) electrons. The number of nitrogens with zero attached hydrogens (tertiary/aromatic N) is 2. The summed E-state index contributed by atoms with van der Waals surface area (Å²) in [6.07, 6.45) is 4.04. The van der Waals surface area contributed by atoms with E-state index in [2.05, 4.69) is 18.2 Å². The predicted octanol–water partition coefficient (Wildman–Crippen LogP) is 4.17. The van der Waals surface area contributed by atoms with Crippen molar-refractivity contribution >= 4 is 16.4 Å². The minimum Gasteiger partial charge on any atom is -0.497 e. The van der Waals surface area contributed by atoms with Crippen molar-refractivity contribution in [3.63, 3.8) is 0 Å². The smallest absolute Gasteiger partial charge is 0.145 e. The van der Waals surface area contributed by atoms with E-state index in [1.165, 1.54) is 5.39 Å². The third-order valence-electron chi connectivity index (χ3n) is 4.03. The molecule has 0 spiro atoms. The maximum absolute atomic E-state index is 5.48. The molecule has 0 amide bonds. The fourth-order valence-electron chi connectivity index (χ4n) is 2.86. The SMILES string of the molecule is COc1ccc(OC)c(-c2cn3ccc4ccccc4c3n2)c1. The van der Waals surface area contributed by atoms with Gasteiger partial charge in [-0.25, -0.2) is 4.98 Å². The van der Waals surface area contributed by atoms with Crippen LogP contribution < -0.4 is 9.47 Å². The standard InChI is InChI=1S/C19H16N2O2/c1-22-14-7-8-18(23-2)16(11-14)17-12-21-10-9-13-5-3-4-6-15(13)19(21)20-17/h3-12H,1-2H3. The lowest BCUT2D eigenvalue weighted by Crippen LogP contribution is -1.90. The number of imidazole rings is 1. The van der Waals surface area contributed by atoms with Crippen LogP contribution >= 0.6 is 0 Å². The molecule has 2 aromatic heterocycles. The molecule has 0 aliphatic rings. The van der Waals surface area contributed by atoms with Gasteiger partial charge in [-0.2, -0.15) is 0 Å². The van der Waals surface area contributed by atoms with Crippen molar-refractivity contribution < 1.29 is 9.47 Å². The second kappa shape index (κ2) is 5.32.